The average molecular weight is 426 g/mol. The lowest BCUT2D eigenvalue weighted by atomic mass is 9.67. The molecule has 0 spiro atoms. The van der Waals surface area contributed by atoms with Gasteiger partial charge in [-0.2, -0.15) is 0 Å². The molecule has 1 unspecified atom stereocenters. The highest BCUT2D eigenvalue weighted by Gasteiger charge is 2.46. The van der Waals surface area contributed by atoms with Crippen LogP contribution in [0.15, 0.2) is 40.5 Å². The van der Waals surface area contributed by atoms with E-state index >= 15 is 0 Å². The molecule has 1 heterocycles. The zero-order valence-corrected chi connectivity index (χ0v) is 19.5. The fourth-order valence-electron chi connectivity index (χ4n) is 4.66. The Balaban J connectivity index is 2.00. The Hall–Kier alpha value is -2.43. The smallest absolute Gasteiger partial charge is 0.315 e. The van der Waals surface area contributed by atoms with E-state index in [4.69, 9.17) is 14.5 Å². The number of ketones is 1. The number of carbonyl (C=O) groups excluding carboxylic acids is 2. The number of hydrogen-bond donors (Lipinski definition) is 0. The summed E-state index contributed by atoms with van der Waals surface area (Å²) in [6.07, 6.45) is 4.14. The van der Waals surface area contributed by atoms with Gasteiger partial charge in [0.05, 0.1) is 13.2 Å². The molecule has 0 N–H and O–H groups in total. The van der Waals surface area contributed by atoms with Crippen molar-refractivity contribution in [1.29, 1.82) is 0 Å². The summed E-state index contributed by atoms with van der Waals surface area (Å²) in [5, 5.41) is 0. The first-order chi connectivity index (χ1) is 14.8. The Morgan fingerprint density at radius 2 is 1.84 bits per heavy atom. The summed E-state index contributed by atoms with van der Waals surface area (Å²) in [5.41, 5.74) is 3.03. The van der Waals surface area contributed by atoms with Gasteiger partial charge in [-0.05, 0) is 49.8 Å². The van der Waals surface area contributed by atoms with Crippen LogP contribution in [-0.4, -0.2) is 30.7 Å². The van der Waals surface area contributed by atoms with E-state index in [-0.39, 0.29) is 23.1 Å². The lowest BCUT2D eigenvalue weighted by Crippen LogP contribution is -2.39. The van der Waals surface area contributed by atoms with Crippen molar-refractivity contribution in [2.75, 3.05) is 13.2 Å². The van der Waals surface area contributed by atoms with Gasteiger partial charge in [0.2, 0.25) is 0 Å². The molecule has 1 aliphatic heterocycles. The lowest BCUT2D eigenvalue weighted by Gasteiger charge is -2.39. The highest BCUT2D eigenvalue weighted by Crippen LogP contribution is 2.48. The van der Waals surface area contributed by atoms with Crippen LogP contribution in [0.5, 0.6) is 5.75 Å². The molecule has 1 aromatic rings. The van der Waals surface area contributed by atoms with Gasteiger partial charge in [-0.1, -0.05) is 45.7 Å². The number of carbonyl (C=O) groups is 2. The van der Waals surface area contributed by atoms with Gasteiger partial charge in [-0.15, -0.1) is 0 Å². The number of aliphatic imine (C=N–C) groups is 1. The third-order valence-corrected chi connectivity index (χ3v) is 6.10. The lowest BCUT2D eigenvalue weighted by molar-refractivity contribution is -0.146. The van der Waals surface area contributed by atoms with Gasteiger partial charge in [0, 0.05) is 29.3 Å². The molecule has 0 aromatic heterocycles. The Morgan fingerprint density at radius 1 is 1.13 bits per heavy atom. The topological polar surface area (TPSA) is 65.0 Å². The van der Waals surface area contributed by atoms with E-state index in [1.807, 2.05) is 38.1 Å². The molecule has 2 atom stereocenters. The zero-order chi connectivity index (χ0) is 22.6. The molecule has 0 fully saturated rings. The number of benzene rings is 1. The molecular weight excluding hydrogens is 390 g/mol. The summed E-state index contributed by atoms with van der Waals surface area (Å²) in [7, 11) is 0. The van der Waals surface area contributed by atoms with E-state index in [2.05, 4.69) is 20.8 Å². The van der Waals surface area contributed by atoms with Crippen LogP contribution in [0.1, 0.15) is 78.2 Å². The third-order valence-electron chi connectivity index (χ3n) is 6.10. The Kier molecular flexibility index (Phi) is 7.34. The van der Waals surface area contributed by atoms with E-state index in [1.165, 1.54) is 0 Å². The van der Waals surface area contributed by atoms with Crippen LogP contribution in [0.25, 0.3) is 0 Å². The van der Waals surface area contributed by atoms with Crippen molar-refractivity contribution in [1.82, 2.24) is 0 Å². The molecule has 1 aliphatic carbocycles. The molecule has 2 aliphatic rings. The Labute approximate surface area is 185 Å². The van der Waals surface area contributed by atoms with Gasteiger partial charge in [-0.25, -0.2) is 0 Å². The molecule has 31 heavy (non-hydrogen) atoms. The number of hydrogen-bond acceptors (Lipinski definition) is 5. The van der Waals surface area contributed by atoms with Gasteiger partial charge >= 0.3 is 5.97 Å². The number of rotatable bonds is 8. The fraction of sp³-hybridized carbons (Fsp3) is 0.577. The first-order valence-electron chi connectivity index (χ1n) is 11.5. The zero-order valence-electron chi connectivity index (χ0n) is 19.5. The predicted molar refractivity (Wildman–Crippen MR) is 122 cm³/mol. The van der Waals surface area contributed by atoms with Gasteiger partial charge in [0.15, 0.2) is 5.78 Å². The van der Waals surface area contributed by atoms with E-state index in [1.54, 1.807) is 0 Å². The molecule has 5 nitrogen and oxygen atoms in total. The van der Waals surface area contributed by atoms with Gasteiger partial charge < -0.3 is 9.47 Å². The third kappa shape index (κ3) is 5.25. The minimum absolute atomic E-state index is 0.0881. The first-order valence-corrected chi connectivity index (χ1v) is 11.5. The first kappa shape index (κ1) is 23.2. The predicted octanol–water partition coefficient (Wildman–Crippen LogP) is 5.64. The monoisotopic (exact) mass is 425 g/mol. The largest absolute Gasteiger partial charge is 0.494 e. The summed E-state index contributed by atoms with van der Waals surface area (Å²) in [4.78, 5) is 31.2. The van der Waals surface area contributed by atoms with Crippen molar-refractivity contribution in [3.63, 3.8) is 0 Å². The number of Topliss-reactive ketones (excluding diaryl/α,β-unsaturated/α-hetero) is 1. The second-order valence-corrected chi connectivity index (χ2v) is 9.39. The second kappa shape index (κ2) is 9.80. The minimum atomic E-state index is -0.580. The Morgan fingerprint density at radius 3 is 2.48 bits per heavy atom. The van der Waals surface area contributed by atoms with Crippen molar-refractivity contribution < 1.29 is 19.1 Å². The second-order valence-electron chi connectivity index (χ2n) is 9.39. The fourth-order valence-corrected chi connectivity index (χ4v) is 4.66. The number of unbranched alkanes of at least 4 members (excludes halogenated alkanes) is 2. The van der Waals surface area contributed by atoms with Gasteiger partial charge in [0.25, 0.3) is 0 Å². The molecule has 1 aromatic carbocycles. The van der Waals surface area contributed by atoms with E-state index in [9.17, 15) is 9.59 Å². The summed E-state index contributed by atoms with van der Waals surface area (Å²) in [6.45, 7) is 11.1. The molecular formula is C26H35NO4. The summed E-state index contributed by atoms with van der Waals surface area (Å²) in [5.74, 6) is -0.379. The molecule has 5 heteroatoms. The van der Waals surface area contributed by atoms with E-state index in [0.29, 0.717) is 25.2 Å². The highest BCUT2D eigenvalue weighted by atomic mass is 16.5. The SMILES string of the molecule is CCCCCOC(=O)C1C(C)=NC2=C(C(=O)CC(C)(C)C2)[C@@H]1c1ccc(OCC)cc1. The van der Waals surface area contributed by atoms with Crippen LogP contribution < -0.4 is 4.74 Å². The quantitative estimate of drug-likeness (QED) is 0.400. The average Bonchev–Trinajstić information content (AvgIpc) is 2.70. The van der Waals surface area contributed by atoms with Gasteiger partial charge in [0.1, 0.15) is 11.7 Å². The molecule has 0 saturated carbocycles. The van der Waals surface area contributed by atoms with Crippen LogP contribution in [-0.2, 0) is 14.3 Å². The van der Waals surface area contributed by atoms with Crippen LogP contribution in [0.3, 0.4) is 0 Å². The van der Waals surface area contributed by atoms with Crippen molar-refractivity contribution in [2.45, 2.75) is 72.6 Å². The molecule has 0 amide bonds. The van der Waals surface area contributed by atoms with E-state index < -0.39 is 5.92 Å². The highest BCUT2D eigenvalue weighted by molar-refractivity contribution is 6.09. The number of esters is 1. The maximum Gasteiger partial charge on any atom is 0.315 e. The maximum absolute atomic E-state index is 13.3. The standard InChI is InChI=1S/C26H35NO4/c1-6-8-9-14-31-25(29)22-17(3)27-20-15-26(4,5)16-21(28)24(20)23(22)18-10-12-19(13-11-18)30-7-2/h10-13,22-23H,6-9,14-16H2,1-5H3/t22?,23-/m1/s1. The molecule has 3 rings (SSSR count). The Bertz CT molecular complexity index is 879. The van der Waals surface area contributed by atoms with Crippen molar-refractivity contribution >= 4 is 17.5 Å². The summed E-state index contributed by atoms with van der Waals surface area (Å²) >= 11 is 0. The van der Waals surface area contributed by atoms with Crippen LogP contribution in [0.2, 0.25) is 0 Å². The van der Waals surface area contributed by atoms with Crippen molar-refractivity contribution in [3.05, 3.63) is 41.1 Å². The minimum Gasteiger partial charge on any atom is -0.494 e. The van der Waals surface area contributed by atoms with Crippen LogP contribution in [0, 0.1) is 11.3 Å². The maximum atomic E-state index is 13.3. The summed E-state index contributed by atoms with van der Waals surface area (Å²) < 4.78 is 11.2. The molecule has 0 saturated heterocycles. The molecule has 0 bridgehead atoms. The van der Waals surface area contributed by atoms with Crippen LogP contribution in [0.4, 0.5) is 0 Å². The normalized spacial score (nSPS) is 22.6. The van der Waals surface area contributed by atoms with Crippen molar-refractivity contribution in [3.8, 4) is 5.75 Å². The number of allylic oxidation sites excluding steroid dienone is 2. The van der Waals surface area contributed by atoms with Gasteiger partial charge in [-0.3, -0.25) is 14.6 Å². The van der Waals surface area contributed by atoms with E-state index in [0.717, 1.165) is 48.4 Å². The van der Waals surface area contributed by atoms with Crippen LogP contribution >= 0.6 is 0 Å². The number of nitrogens with zero attached hydrogens (tertiary/aromatic N) is 1. The van der Waals surface area contributed by atoms with Crippen molar-refractivity contribution in [2.24, 2.45) is 16.3 Å². The molecule has 168 valence electrons. The number of ether oxygens (including phenoxy) is 2. The molecule has 0 radical (unpaired) electrons. The summed E-state index contributed by atoms with van der Waals surface area (Å²) in [6, 6.07) is 7.73.